The van der Waals surface area contributed by atoms with Crippen molar-refractivity contribution in [1.82, 2.24) is 0 Å². The van der Waals surface area contributed by atoms with Crippen molar-refractivity contribution in [2.45, 2.75) is 6.92 Å². The van der Waals surface area contributed by atoms with Gasteiger partial charge in [-0.25, -0.2) is 0 Å². The molecular formula is C16H16BrClN2O. The first-order valence-corrected chi connectivity index (χ1v) is 7.59. The van der Waals surface area contributed by atoms with E-state index >= 15 is 0 Å². The number of hydrogen-bond donors (Lipinski definition) is 1. The molecule has 0 saturated carbocycles. The average molecular weight is 368 g/mol. The minimum absolute atomic E-state index is 0.182. The minimum atomic E-state index is -0.182. The summed E-state index contributed by atoms with van der Waals surface area (Å²) in [5.41, 5.74) is 3.42. The van der Waals surface area contributed by atoms with Gasteiger partial charge >= 0.3 is 0 Å². The van der Waals surface area contributed by atoms with Gasteiger partial charge in [0, 0.05) is 40.5 Å². The molecule has 2 aromatic rings. The van der Waals surface area contributed by atoms with Crippen molar-refractivity contribution in [2.75, 3.05) is 24.3 Å². The molecule has 0 fully saturated rings. The number of carbonyl (C=O) groups excluding carboxylic acids is 1. The van der Waals surface area contributed by atoms with Crippen LogP contribution in [-0.2, 0) is 0 Å². The first-order valence-electron chi connectivity index (χ1n) is 6.42. The zero-order chi connectivity index (χ0) is 15.6. The summed E-state index contributed by atoms with van der Waals surface area (Å²) >= 11 is 9.31. The summed E-state index contributed by atoms with van der Waals surface area (Å²) in [6.07, 6.45) is 0. The van der Waals surface area contributed by atoms with Crippen molar-refractivity contribution in [3.8, 4) is 0 Å². The average Bonchev–Trinajstić information content (AvgIpc) is 2.39. The SMILES string of the molecule is Cc1cc(N(C)C)ccc1NC(=O)c1cc(Cl)cc(Br)c1. The lowest BCUT2D eigenvalue weighted by Crippen LogP contribution is -2.14. The summed E-state index contributed by atoms with van der Waals surface area (Å²) in [6.45, 7) is 1.97. The van der Waals surface area contributed by atoms with Crippen LogP contribution in [0.25, 0.3) is 0 Å². The molecule has 0 aromatic heterocycles. The van der Waals surface area contributed by atoms with Crippen LogP contribution in [0, 0.1) is 6.92 Å². The number of carbonyl (C=O) groups is 1. The summed E-state index contributed by atoms with van der Waals surface area (Å²) in [5.74, 6) is -0.182. The maximum absolute atomic E-state index is 12.3. The first kappa shape index (κ1) is 15.9. The smallest absolute Gasteiger partial charge is 0.255 e. The molecule has 1 N–H and O–H groups in total. The van der Waals surface area contributed by atoms with E-state index in [0.717, 1.165) is 21.4 Å². The molecule has 0 aliphatic heterocycles. The Morgan fingerprint density at radius 3 is 2.48 bits per heavy atom. The molecule has 0 aliphatic rings. The van der Waals surface area contributed by atoms with Gasteiger partial charge in [-0.15, -0.1) is 0 Å². The van der Waals surface area contributed by atoms with E-state index in [1.165, 1.54) is 0 Å². The van der Waals surface area contributed by atoms with E-state index in [-0.39, 0.29) is 5.91 Å². The fourth-order valence-electron chi connectivity index (χ4n) is 1.95. The number of amides is 1. The lowest BCUT2D eigenvalue weighted by atomic mass is 10.1. The molecule has 0 atom stereocenters. The van der Waals surface area contributed by atoms with E-state index in [2.05, 4.69) is 21.2 Å². The third kappa shape index (κ3) is 3.99. The van der Waals surface area contributed by atoms with Crippen molar-refractivity contribution in [3.05, 3.63) is 57.0 Å². The molecule has 1 amide bonds. The van der Waals surface area contributed by atoms with Gasteiger partial charge in [-0.05, 0) is 48.9 Å². The first-order chi connectivity index (χ1) is 9.86. The molecule has 21 heavy (non-hydrogen) atoms. The van der Waals surface area contributed by atoms with E-state index in [9.17, 15) is 4.79 Å². The molecule has 0 heterocycles. The Bertz CT molecular complexity index is 666. The lowest BCUT2D eigenvalue weighted by Gasteiger charge is -2.15. The van der Waals surface area contributed by atoms with Crippen LogP contribution in [0.5, 0.6) is 0 Å². The highest BCUT2D eigenvalue weighted by atomic mass is 79.9. The third-order valence-corrected chi connectivity index (χ3v) is 3.78. The van der Waals surface area contributed by atoms with Crippen LogP contribution in [0.3, 0.4) is 0 Å². The van der Waals surface area contributed by atoms with Gasteiger partial charge in [0.2, 0.25) is 0 Å². The Hall–Kier alpha value is -1.52. The van der Waals surface area contributed by atoms with E-state index < -0.39 is 0 Å². The van der Waals surface area contributed by atoms with Crippen LogP contribution in [0.15, 0.2) is 40.9 Å². The van der Waals surface area contributed by atoms with Crippen molar-refractivity contribution < 1.29 is 4.79 Å². The molecule has 110 valence electrons. The van der Waals surface area contributed by atoms with Crippen LogP contribution in [-0.4, -0.2) is 20.0 Å². The second-order valence-corrected chi connectivity index (χ2v) is 6.36. The predicted molar refractivity (Wildman–Crippen MR) is 92.6 cm³/mol. The Morgan fingerprint density at radius 1 is 1.19 bits per heavy atom. The number of benzene rings is 2. The Labute approximate surface area is 138 Å². The molecule has 0 bridgehead atoms. The molecule has 2 aromatic carbocycles. The van der Waals surface area contributed by atoms with Crippen LogP contribution in [0.2, 0.25) is 5.02 Å². The van der Waals surface area contributed by atoms with Crippen molar-refractivity contribution in [1.29, 1.82) is 0 Å². The highest BCUT2D eigenvalue weighted by Crippen LogP contribution is 2.24. The van der Waals surface area contributed by atoms with Crippen LogP contribution >= 0.6 is 27.5 Å². The molecule has 0 aliphatic carbocycles. The Morgan fingerprint density at radius 2 is 1.90 bits per heavy atom. The molecule has 0 saturated heterocycles. The van der Waals surface area contributed by atoms with Crippen molar-refractivity contribution in [2.24, 2.45) is 0 Å². The molecule has 0 radical (unpaired) electrons. The van der Waals surface area contributed by atoms with Gasteiger partial charge in [-0.3, -0.25) is 4.79 Å². The van der Waals surface area contributed by atoms with Crippen LogP contribution in [0.1, 0.15) is 15.9 Å². The summed E-state index contributed by atoms with van der Waals surface area (Å²) in [4.78, 5) is 14.3. The Balaban J connectivity index is 2.23. The van der Waals surface area contributed by atoms with E-state index in [1.54, 1.807) is 18.2 Å². The second kappa shape index (κ2) is 6.50. The topological polar surface area (TPSA) is 32.3 Å². The van der Waals surface area contributed by atoms with Crippen molar-refractivity contribution >= 4 is 44.8 Å². The maximum Gasteiger partial charge on any atom is 0.255 e. The molecule has 2 rings (SSSR count). The standard InChI is InChI=1S/C16H16BrClN2O/c1-10-6-14(20(2)3)4-5-15(10)19-16(21)11-7-12(17)9-13(18)8-11/h4-9H,1-3H3,(H,19,21). The highest BCUT2D eigenvalue weighted by Gasteiger charge is 2.10. The van der Waals surface area contributed by atoms with Crippen molar-refractivity contribution in [3.63, 3.8) is 0 Å². The molecular weight excluding hydrogens is 352 g/mol. The van der Waals surface area contributed by atoms with Gasteiger partial charge in [-0.2, -0.15) is 0 Å². The molecule has 0 spiro atoms. The van der Waals surface area contributed by atoms with Gasteiger partial charge in [0.1, 0.15) is 0 Å². The number of rotatable bonds is 3. The zero-order valence-electron chi connectivity index (χ0n) is 12.1. The normalized spacial score (nSPS) is 10.3. The largest absolute Gasteiger partial charge is 0.378 e. The molecule has 3 nitrogen and oxygen atoms in total. The Kier molecular flexibility index (Phi) is 4.91. The van der Waals surface area contributed by atoms with E-state index in [0.29, 0.717) is 10.6 Å². The lowest BCUT2D eigenvalue weighted by molar-refractivity contribution is 0.102. The number of hydrogen-bond acceptors (Lipinski definition) is 2. The van der Waals surface area contributed by atoms with Gasteiger partial charge < -0.3 is 10.2 Å². The van der Waals surface area contributed by atoms with Gasteiger partial charge in [-0.1, -0.05) is 27.5 Å². The van der Waals surface area contributed by atoms with E-state index in [4.69, 9.17) is 11.6 Å². The summed E-state index contributed by atoms with van der Waals surface area (Å²) in [5, 5.41) is 3.43. The zero-order valence-corrected chi connectivity index (χ0v) is 14.4. The summed E-state index contributed by atoms with van der Waals surface area (Å²) in [7, 11) is 3.97. The van der Waals surface area contributed by atoms with Crippen LogP contribution < -0.4 is 10.2 Å². The van der Waals surface area contributed by atoms with Gasteiger partial charge in [0.25, 0.3) is 5.91 Å². The van der Waals surface area contributed by atoms with E-state index in [1.807, 2.05) is 44.1 Å². The third-order valence-electron chi connectivity index (χ3n) is 3.10. The van der Waals surface area contributed by atoms with Gasteiger partial charge in [0.15, 0.2) is 0 Å². The second-order valence-electron chi connectivity index (χ2n) is 5.01. The fourth-order valence-corrected chi connectivity index (χ4v) is 2.81. The number of nitrogens with zero attached hydrogens (tertiary/aromatic N) is 1. The number of aryl methyl sites for hydroxylation is 1. The number of anilines is 2. The monoisotopic (exact) mass is 366 g/mol. The summed E-state index contributed by atoms with van der Waals surface area (Å²) in [6, 6.07) is 11.0. The molecule has 0 unspecified atom stereocenters. The van der Waals surface area contributed by atoms with Crippen LogP contribution in [0.4, 0.5) is 11.4 Å². The maximum atomic E-state index is 12.3. The highest BCUT2D eigenvalue weighted by molar-refractivity contribution is 9.10. The minimum Gasteiger partial charge on any atom is -0.378 e. The van der Waals surface area contributed by atoms with Gasteiger partial charge in [0.05, 0.1) is 0 Å². The number of halogens is 2. The number of nitrogens with one attached hydrogen (secondary N) is 1. The summed E-state index contributed by atoms with van der Waals surface area (Å²) < 4.78 is 0.778. The predicted octanol–water partition coefficient (Wildman–Crippen LogP) is 4.73. The molecule has 5 heteroatoms. The fraction of sp³-hybridized carbons (Fsp3) is 0.188. The quantitative estimate of drug-likeness (QED) is 0.850.